The molecule has 0 bridgehead atoms. The lowest BCUT2D eigenvalue weighted by atomic mass is 10.0. The van der Waals surface area contributed by atoms with E-state index in [2.05, 4.69) is 4.74 Å². The number of hydrogen-bond acceptors (Lipinski definition) is 2. The summed E-state index contributed by atoms with van der Waals surface area (Å²) in [5.41, 5.74) is 1.17. The van der Waals surface area contributed by atoms with Gasteiger partial charge in [-0.3, -0.25) is 4.79 Å². The molecule has 3 rings (SSSR count). The first kappa shape index (κ1) is 18.8. The molecule has 0 aliphatic carbocycles. The minimum Gasteiger partial charge on any atom is -0.405 e. The van der Waals surface area contributed by atoms with Crippen molar-refractivity contribution in [2.45, 2.75) is 19.3 Å². The number of halogens is 3. The van der Waals surface area contributed by atoms with Crippen molar-refractivity contribution in [3.63, 3.8) is 0 Å². The first-order valence-corrected chi connectivity index (χ1v) is 8.38. The van der Waals surface area contributed by atoms with Gasteiger partial charge in [-0.2, -0.15) is 0 Å². The Labute approximate surface area is 155 Å². The highest BCUT2D eigenvalue weighted by atomic mass is 19.4. The number of hydrogen-bond donors (Lipinski definition) is 0. The number of alkyl halides is 3. The van der Waals surface area contributed by atoms with Gasteiger partial charge in [0.2, 0.25) is 5.91 Å². The summed E-state index contributed by atoms with van der Waals surface area (Å²) in [5.74, 6) is -0.483. The van der Waals surface area contributed by atoms with Crippen LogP contribution >= 0.6 is 0 Å². The van der Waals surface area contributed by atoms with Crippen LogP contribution in [0.1, 0.15) is 11.1 Å². The third-order valence-electron chi connectivity index (χ3n) is 4.25. The van der Waals surface area contributed by atoms with Crippen LogP contribution in [0, 0.1) is 0 Å². The maximum Gasteiger partial charge on any atom is 0.573 e. The molecule has 0 aliphatic heterocycles. The lowest BCUT2D eigenvalue weighted by Gasteiger charge is -2.20. The normalized spacial score (nSPS) is 11.4. The van der Waals surface area contributed by atoms with Crippen molar-refractivity contribution in [1.82, 2.24) is 4.90 Å². The molecular weight excluding hydrogens is 355 g/mol. The highest BCUT2D eigenvalue weighted by molar-refractivity contribution is 5.90. The van der Waals surface area contributed by atoms with E-state index in [9.17, 15) is 18.0 Å². The Morgan fingerprint density at radius 3 is 2.33 bits per heavy atom. The van der Waals surface area contributed by atoms with E-state index >= 15 is 0 Å². The van der Waals surface area contributed by atoms with Crippen molar-refractivity contribution in [1.29, 1.82) is 0 Å². The van der Waals surface area contributed by atoms with Crippen molar-refractivity contribution < 1.29 is 22.7 Å². The summed E-state index contributed by atoms with van der Waals surface area (Å²) in [4.78, 5) is 14.0. The molecule has 0 radical (unpaired) electrons. The van der Waals surface area contributed by atoms with E-state index in [1.165, 1.54) is 23.1 Å². The van der Waals surface area contributed by atoms with Gasteiger partial charge in [0.15, 0.2) is 0 Å². The number of para-hydroxylation sites is 1. The average molecular weight is 373 g/mol. The summed E-state index contributed by atoms with van der Waals surface area (Å²) in [6.07, 6.45) is -4.61. The second-order valence-corrected chi connectivity index (χ2v) is 6.22. The van der Waals surface area contributed by atoms with Gasteiger partial charge in [0.1, 0.15) is 5.75 Å². The summed E-state index contributed by atoms with van der Waals surface area (Å²) in [7, 11) is 1.57. The molecule has 0 atom stereocenters. The summed E-state index contributed by atoms with van der Waals surface area (Å²) in [6, 6.07) is 19.3. The van der Waals surface area contributed by atoms with Crippen LogP contribution in [0.15, 0.2) is 66.7 Å². The summed E-state index contributed by atoms with van der Waals surface area (Å²) in [6.45, 7) is 0.0237. The molecule has 3 nitrogen and oxygen atoms in total. The fourth-order valence-electron chi connectivity index (χ4n) is 2.95. The Balaban J connectivity index is 1.75. The van der Waals surface area contributed by atoms with Crippen LogP contribution < -0.4 is 4.74 Å². The third-order valence-corrected chi connectivity index (χ3v) is 4.25. The predicted molar refractivity (Wildman–Crippen MR) is 97.3 cm³/mol. The SMILES string of the molecule is CN(Cc1ccccc1OC(F)(F)F)C(=O)Cc1cccc2ccccc12. The molecule has 140 valence electrons. The van der Waals surface area contributed by atoms with Crippen LogP contribution in [0.3, 0.4) is 0 Å². The topological polar surface area (TPSA) is 29.5 Å². The molecule has 0 fully saturated rings. The smallest absolute Gasteiger partial charge is 0.405 e. The highest BCUT2D eigenvalue weighted by Gasteiger charge is 2.32. The van der Waals surface area contributed by atoms with Gasteiger partial charge >= 0.3 is 6.36 Å². The second kappa shape index (κ2) is 7.70. The van der Waals surface area contributed by atoms with Crippen LogP contribution in [-0.4, -0.2) is 24.2 Å². The third kappa shape index (κ3) is 4.78. The molecule has 0 aliphatic rings. The second-order valence-electron chi connectivity index (χ2n) is 6.22. The lowest BCUT2D eigenvalue weighted by molar-refractivity contribution is -0.275. The van der Waals surface area contributed by atoms with Crippen molar-refractivity contribution in [2.24, 2.45) is 0 Å². The number of ether oxygens (including phenoxy) is 1. The minimum atomic E-state index is -4.78. The summed E-state index contributed by atoms with van der Waals surface area (Å²) < 4.78 is 41.7. The Hall–Kier alpha value is -3.02. The Morgan fingerprint density at radius 1 is 0.926 bits per heavy atom. The van der Waals surface area contributed by atoms with Crippen molar-refractivity contribution >= 4 is 16.7 Å². The van der Waals surface area contributed by atoms with Gasteiger partial charge in [-0.05, 0) is 22.4 Å². The zero-order valence-electron chi connectivity index (χ0n) is 14.7. The number of carbonyl (C=O) groups is 1. The van der Waals surface area contributed by atoms with E-state index in [1.807, 2.05) is 42.5 Å². The molecule has 3 aromatic carbocycles. The van der Waals surface area contributed by atoms with Crippen LogP contribution in [-0.2, 0) is 17.8 Å². The van der Waals surface area contributed by atoms with Gasteiger partial charge in [0, 0.05) is 19.2 Å². The van der Waals surface area contributed by atoms with Gasteiger partial charge in [0.25, 0.3) is 0 Å². The molecule has 0 spiro atoms. The van der Waals surface area contributed by atoms with Crippen molar-refractivity contribution in [3.8, 4) is 5.75 Å². The van der Waals surface area contributed by atoms with E-state index in [1.54, 1.807) is 13.1 Å². The number of fused-ring (bicyclic) bond motifs is 1. The van der Waals surface area contributed by atoms with Crippen LogP contribution in [0.2, 0.25) is 0 Å². The molecule has 1 amide bonds. The zero-order valence-corrected chi connectivity index (χ0v) is 14.7. The number of benzene rings is 3. The van der Waals surface area contributed by atoms with Crippen LogP contribution in [0.4, 0.5) is 13.2 Å². The van der Waals surface area contributed by atoms with Crippen LogP contribution in [0.25, 0.3) is 10.8 Å². The van der Waals surface area contributed by atoms with Gasteiger partial charge in [-0.25, -0.2) is 0 Å². The number of likely N-dealkylation sites (N-methyl/N-ethyl adjacent to an activating group) is 1. The number of nitrogens with zero attached hydrogens (tertiary/aromatic N) is 1. The molecule has 0 saturated carbocycles. The van der Waals surface area contributed by atoms with Gasteiger partial charge in [-0.1, -0.05) is 60.7 Å². The predicted octanol–water partition coefficient (Wildman–Crippen LogP) is 4.94. The van der Waals surface area contributed by atoms with E-state index < -0.39 is 6.36 Å². The summed E-state index contributed by atoms with van der Waals surface area (Å²) >= 11 is 0. The molecule has 6 heteroatoms. The molecule has 3 aromatic rings. The van der Waals surface area contributed by atoms with E-state index in [-0.39, 0.29) is 24.6 Å². The van der Waals surface area contributed by atoms with E-state index in [4.69, 9.17) is 0 Å². The quantitative estimate of drug-likeness (QED) is 0.634. The molecule has 0 aromatic heterocycles. The lowest BCUT2D eigenvalue weighted by Crippen LogP contribution is -2.28. The van der Waals surface area contributed by atoms with Crippen molar-refractivity contribution in [2.75, 3.05) is 7.05 Å². The van der Waals surface area contributed by atoms with Gasteiger partial charge < -0.3 is 9.64 Å². The molecule has 0 saturated heterocycles. The molecule has 0 heterocycles. The fourth-order valence-corrected chi connectivity index (χ4v) is 2.95. The maximum atomic E-state index is 12.6. The maximum absolute atomic E-state index is 12.6. The van der Waals surface area contributed by atoms with E-state index in [0.29, 0.717) is 5.56 Å². The van der Waals surface area contributed by atoms with Crippen molar-refractivity contribution in [3.05, 3.63) is 77.9 Å². The monoisotopic (exact) mass is 373 g/mol. The average Bonchev–Trinajstić information content (AvgIpc) is 2.62. The largest absolute Gasteiger partial charge is 0.573 e. The zero-order chi connectivity index (χ0) is 19.4. The standard InChI is InChI=1S/C21H18F3NO2/c1-25(14-17-8-3-5-12-19(17)27-21(22,23)24)20(26)13-16-10-6-9-15-7-2-4-11-18(15)16/h2-12H,13-14H2,1H3. The first-order valence-electron chi connectivity index (χ1n) is 8.38. The first-order chi connectivity index (χ1) is 12.8. The number of rotatable bonds is 5. The molecular formula is C21H18F3NO2. The minimum absolute atomic E-state index is 0.0237. The Kier molecular flexibility index (Phi) is 5.35. The Bertz CT molecular complexity index is 948. The number of amides is 1. The summed E-state index contributed by atoms with van der Waals surface area (Å²) in [5, 5.41) is 2.02. The molecule has 0 N–H and O–H groups in total. The Morgan fingerprint density at radius 2 is 1.56 bits per heavy atom. The van der Waals surface area contributed by atoms with Gasteiger partial charge in [-0.15, -0.1) is 13.2 Å². The highest BCUT2D eigenvalue weighted by Crippen LogP contribution is 2.27. The van der Waals surface area contributed by atoms with E-state index in [0.717, 1.165) is 16.3 Å². The van der Waals surface area contributed by atoms with Crippen LogP contribution in [0.5, 0.6) is 5.75 Å². The molecule has 0 unspecified atom stereocenters. The fraction of sp³-hybridized carbons (Fsp3) is 0.190. The number of carbonyl (C=O) groups excluding carboxylic acids is 1. The molecule has 27 heavy (non-hydrogen) atoms. The van der Waals surface area contributed by atoms with Gasteiger partial charge in [0.05, 0.1) is 6.42 Å².